The number of rotatable bonds is 6. The van der Waals surface area contributed by atoms with Crippen molar-refractivity contribution in [2.75, 3.05) is 22.6 Å². The highest BCUT2D eigenvalue weighted by molar-refractivity contribution is 7.85. The van der Waals surface area contributed by atoms with E-state index in [1.807, 2.05) is 13.8 Å². The zero-order chi connectivity index (χ0) is 14.4. The van der Waals surface area contributed by atoms with E-state index < -0.39 is 16.6 Å². The Kier molecular flexibility index (Phi) is 5.95. The number of anilines is 2. The predicted molar refractivity (Wildman–Crippen MR) is 76.8 cm³/mol. The summed E-state index contributed by atoms with van der Waals surface area (Å²) in [5.41, 5.74) is 6.13. The van der Waals surface area contributed by atoms with Gasteiger partial charge in [-0.3, -0.25) is 9.00 Å². The van der Waals surface area contributed by atoms with Crippen LogP contribution in [0.25, 0.3) is 0 Å². The van der Waals surface area contributed by atoms with Crippen molar-refractivity contribution in [2.24, 2.45) is 5.92 Å². The molecular formula is C13H19FN2O2S. The average molecular weight is 286 g/mol. The van der Waals surface area contributed by atoms with E-state index in [0.29, 0.717) is 23.1 Å². The Morgan fingerprint density at radius 3 is 2.74 bits per heavy atom. The van der Waals surface area contributed by atoms with Crippen LogP contribution >= 0.6 is 0 Å². The van der Waals surface area contributed by atoms with Gasteiger partial charge in [-0.2, -0.15) is 0 Å². The molecule has 0 aromatic heterocycles. The summed E-state index contributed by atoms with van der Waals surface area (Å²) in [5, 5.41) is 2.58. The molecule has 19 heavy (non-hydrogen) atoms. The van der Waals surface area contributed by atoms with E-state index in [0.717, 1.165) is 6.07 Å². The molecule has 3 N–H and O–H groups in total. The van der Waals surface area contributed by atoms with Gasteiger partial charge in [0.2, 0.25) is 5.91 Å². The van der Waals surface area contributed by atoms with Crippen molar-refractivity contribution < 1.29 is 13.4 Å². The standard InChI is InChI=1S/C13H19FN2O2S/c1-9(2)8-19(18)6-5-13(17)16-12-4-3-10(14)7-11(12)15/h3-4,7,9H,5-6,8,15H2,1-2H3,(H,16,17). The molecule has 0 radical (unpaired) electrons. The zero-order valence-corrected chi connectivity index (χ0v) is 11.9. The summed E-state index contributed by atoms with van der Waals surface area (Å²) < 4.78 is 24.4. The number of hydrogen-bond donors (Lipinski definition) is 2. The van der Waals surface area contributed by atoms with Crippen molar-refractivity contribution in [1.29, 1.82) is 0 Å². The second kappa shape index (κ2) is 7.23. The van der Waals surface area contributed by atoms with Crippen LogP contribution in [0.3, 0.4) is 0 Å². The molecule has 1 aromatic carbocycles. The number of nitrogens with one attached hydrogen (secondary N) is 1. The van der Waals surface area contributed by atoms with Gasteiger partial charge in [0.05, 0.1) is 11.4 Å². The fourth-order valence-corrected chi connectivity index (χ4v) is 2.85. The predicted octanol–water partition coefficient (Wildman–Crippen LogP) is 2.14. The first-order valence-corrected chi connectivity index (χ1v) is 7.57. The van der Waals surface area contributed by atoms with Gasteiger partial charge < -0.3 is 11.1 Å². The maximum absolute atomic E-state index is 12.8. The minimum atomic E-state index is -0.990. The summed E-state index contributed by atoms with van der Waals surface area (Å²) in [7, 11) is -0.990. The van der Waals surface area contributed by atoms with Crippen LogP contribution in [-0.4, -0.2) is 21.6 Å². The molecule has 1 atom stereocenters. The van der Waals surface area contributed by atoms with Crippen molar-refractivity contribution in [3.63, 3.8) is 0 Å². The third-order valence-corrected chi connectivity index (χ3v) is 4.06. The molecule has 0 heterocycles. The van der Waals surface area contributed by atoms with Gasteiger partial charge in [-0.05, 0) is 24.1 Å². The van der Waals surface area contributed by atoms with Gasteiger partial charge in [-0.15, -0.1) is 0 Å². The molecule has 0 bridgehead atoms. The minimum Gasteiger partial charge on any atom is -0.397 e. The van der Waals surface area contributed by atoms with Crippen molar-refractivity contribution in [3.05, 3.63) is 24.0 Å². The van der Waals surface area contributed by atoms with Crippen LogP contribution in [0.5, 0.6) is 0 Å². The van der Waals surface area contributed by atoms with Gasteiger partial charge in [-0.1, -0.05) is 13.8 Å². The fourth-order valence-electron chi connectivity index (χ4n) is 1.52. The number of amides is 1. The molecule has 1 aromatic rings. The Hall–Kier alpha value is -1.43. The molecule has 0 fully saturated rings. The van der Waals surface area contributed by atoms with Gasteiger partial charge in [0.15, 0.2) is 0 Å². The second-order valence-corrected chi connectivity index (χ2v) is 6.36. The van der Waals surface area contributed by atoms with Crippen LogP contribution in [0.1, 0.15) is 20.3 Å². The van der Waals surface area contributed by atoms with Gasteiger partial charge in [-0.25, -0.2) is 4.39 Å². The van der Waals surface area contributed by atoms with Crippen molar-refractivity contribution in [3.8, 4) is 0 Å². The summed E-state index contributed by atoms with van der Waals surface area (Å²) in [6, 6.07) is 3.78. The number of benzene rings is 1. The average Bonchev–Trinajstić information content (AvgIpc) is 2.29. The SMILES string of the molecule is CC(C)CS(=O)CCC(=O)Nc1ccc(F)cc1N. The Bertz CT molecular complexity index is 478. The van der Waals surface area contributed by atoms with Crippen molar-refractivity contribution in [2.45, 2.75) is 20.3 Å². The number of carbonyl (C=O) groups is 1. The first kappa shape index (κ1) is 15.6. The Morgan fingerprint density at radius 1 is 1.47 bits per heavy atom. The maximum atomic E-state index is 12.8. The highest BCUT2D eigenvalue weighted by Gasteiger charge is 2.09. The number of nitrogen functional groups attached to an aromatic ring is 1. The Morgan fingerprint density at radius 2 is 2.16 bits per heavy atom. The molecule has 4 nitrogen and oxygen atoms in total. The molecule has 0 saturated carbocycles. The maximum Gasteiger partial charge on any atom is 0.225 e. The molecule has 6 heteroatoms. The topological polar surface area (TPSA) is 72.2 Å². The second-order valence-electron chi connectivity index (χ2n) is 4.73. The summed E-state index contributed by atoms with van der Waals surface area (Å²) in [6.45, 7) is 3.97. The normalized spacial score (nSPS) is 12.4. The van der Waals surface area contributed by atoms with Crippen LogP contribution in [0.15, 0.2) is 18.2 Å². The quantitative estimate of drug-likeness (QED) is 0.787. The Balaban J connectivity index is 2.45. The number of nitrogens with two attached hydrogens (primary N) is 1. The van der Waals surface area contributed by atoms with Gasteiger partial charge in [0, 0.05) is 28.7 Å². The Labute approximate surface area is 115 Å². The van der Waals surface area contributed by atoms with Gasteiger partial charge in [0.25, 0.3) is 0 Å². The molecule has 0 saturated heterocycles. The molecule has 1 rings (SSSR count). The lowest BCUT2D eigenvalue weighted by Crippen LogP contribution is -2.17. The van der Waals surface area contributed by atoms with Crippen molar-refractivity contribution in [1.82, 2.24) is 0 Å². The third kappa shape index (κ3) is 5.83. The van der Waals surface area contributed by atoms with Crippen molar-refractivity contribution >= 4 is 28.1 Å². The highest BCUT2D eigenvalue weighted by atomic mass is 32.2. The van der Waals surface area contributed by atoms with E-state index in [1.165, 1.54) is 12.1 Å². The molecule has 0 aliphatic carbocycles. The van der Waals surface area contributed by atoms with Crippen LogP contribution in [-0.2, 0) is 15.6 Å². The van der Waals surface area contributed by atoms with E-state index in [-0.39, 0.29) is 18.0 Å². The lowest BCUT2D eigenvalue weighted by atomic mass is 10.2. The number of carbonyl (C=O) groups excluding carboxylic acids is 1. The van der Waals surface area contributed by atoms with E-state index in [4.69, 9.17) is 5.73 Å². The number of hydrogen-bond acceptors (Lipinski definition) is 3. The zero-order valence-electron chi connectivity index (χ0n) is 11.1. The molecule has 106 valence electrons. The molecule has 1 unspecified atom stereocenters. The van der Waals surface area contributed by atoms with E-state index in [9.17, 15) is 13.4 Å². The first-order chi connectivity index (χ1) is 8.88. The summed E-state index contributed by atoms with van der Waals surface area (Å²) in [6.07, 6.45) is 0.163. The lowest BCUT2D eigenvalue weighted by Gasteiger charge is -2.08. The fraction of sp³-hybridized carbons (Fsp3) is 0.462. The van der Waals surface area contributed by atoms with Crippen LogP contribution in [0, 0.1) is 11.7 Å². The molecule has 0 aliphatic rings. The lowest BCUT2D eigenvalue weighted by molar-refractivity contribution is -0.115. The molecule has 0 aliphatic heterocycles. The molecular weight excluding hydrogens is 267 g/mol. The summed E-state index contributed by atoms with van der Waals surface area (Å²) in [5.74, 6) is 0.539. The van der Waals surface area contributed by atoms with Crippen LogP contribution in [0.4, 0.5) is 15.8 Å². The monoisotopic (exact) mass is 286 g/mol. The van der Waals surface area contributed by atoms with Gasteiger partial charge in [0.1, 0.15) is 5.82 Å². The van der Waals surface area contributed by atoms with E-state index in [1.54, 1.807) is 0 Å². The highest BCUT2D eigenvalue weighted by Crippen LogP contribution is 2.19. The number of halogens is 1. The summed E-state index contributed by atoms with van der Waals surface area (Å²) >= 11 is 0. The molecule has 1 amide bonds. The third-order valence-electron chi connectivity index (χ3n) is 2.36. The smallest absolute Gasteiger partial charge is 0.225 e. The minimum absolute atomic E-state index is 0.163. The van der Waals surface area contributed by atoms with Crippen LogP contribution in [0.2, 0.25) is 0 Å². The largest absolute Gasteiger partial charge is 0.397 e. The van der Waals surface area contributed by atoms with Gasteiger partial charge >= 0.3 is 0 Å². The van der Waals surface area contributed by atoms with E-state index >= 15 is 0 Å². The first-order valence-electron chi connectivity index (χ1n) is 6.08. The molecule has 0 spiro atoms. The summed E-state index contributed by atoms with van der Waals surface area (Å²) in [4.78, 5) is 11.6. The van der Waals surface area contributed by atoms with E-state index in [2.05, 4.69) is 5.32 Å². The van der Waals surface area contributed by atoms with Crippen LogP contribution < -0.4 is 11.1 Å².